The highest BCUT2D eigenvalue weighted by molar-refractivity contribution is 7.80. The normalized spacial score (nSPS) is 10.2. The first-order chi connectivity index (χ1) is 5.36. The van der Waals surface area contributed by atoms with E-state index >= 15 is 0 Å². The molecule has 0 aliphatic carbocycles. The molecule has 0 radical (unpaired) electrons. The average molecular weight is 200 g/mol. The van der Waals surface area contributed by atoms with Gasteiger partial charge in [0.05, 0.1) is 11.1 Å². The van der Waals surface area contributed by atoms with Gasteiger partial charge >= 0.3 is 0 Å². The summed E-state index contributed by atoms with van der Waals surface area (Å²) in [6.45, 7) is 0. The summed E-state index contributed by atoms with van der Waals surface area (Å²) < 4.78 is 6.12. The van der Waals surface area contributed by atoms with E-state index in [4.69, 9.17) is 16.6 Å². The van der Waals surface area contributed by atoms with E-state index in [-0.39, 0.29) is 0 Å². The van der Waals surface area contributed by atoms with Crippen molar-refractivity contribution in [2.75, 3.05) is 0 Å². The molecule has 2 aromatic heterocycles. The minimum atomic E-state index is 0.905. The van der Waals surface area contributed by atoms with Crippen LogP contribution in [0.5, 0.6) is 0 Å². The second-order valence-corrected chi connectivity index (χ2v) is 4.88. The molecule has 0 aliphatic heterocycles. The molecule has 0 saturated heterocycles. The fraction of sp³-hybridized carbons (Fsp3) is 0. The van der Waals surface area contributed by atoms with Crippen molar-refractivity contribution in [1.29, 1.82) is 0 Å². The van der Waals surface area contributed by atoms with Crippen LogP contribution in [0, 0.1) is 3.82 Å². The van der Waals surface area contributed by atoms with Gasteiger partial charge in [0, 0.05) is 0 Å². The molecule has 2 rings (SSSR count). The van der Waals surface area contributed by atoms with Crippen LogP contribution in [0.2, 0.25) is 0 Å². The monoisotopic (exact) mass is 200 g/mol. The Hall–Kier alpha value is -0.450. The summed E-state index contributed by atoms with van der Waals surface area (Å²) in [7, 11) is 3.25. The van der Waals surface area contributed by atoms with Gasteiger partial charge in [-0.25, -0.2) is 0 Å². The minimum Gasteiger partial charge on any atom is -0.463 e. The maximum atomic E-state index is 5.20. The molecule has 0 amide bonds. The number of rotatable bonds is 1. The summed E-state index contributed by atoms with van der Waals surface area (Å²) in [6, 6.07) is 5.78. The van der Waals surface area contributed by atoms with Gasteiger partial charge < -0.3 is 4.42 Å². The van der Waals surface area contributed by atoms with Gasteiger partial charge in [-0.3, -0.25) is 0 Å². The van der Waals surface area contributed by atoms with Crippen molar-refractivity contribution >= 4 is 32.9 Å². The fourth-order valence-corrected chi connectivity index (χ4v) is 3.10. The van der Waals surface area contributed by atoms with Crippen LogP contribution in [0.1, 0.15) is 0 Å². The topological polar surface area (TPSA) is 13.1 Å². The van der Waals surface area contributed by atoms with E-state index in [1.165, 1.54) is 0 Å². The SMILES string of the molecule is S=c1cc(-c2ccco2)ss1. The first-order valence-corrected chi connectivity index (χ1v) is 5.56. The van der Waals surface area contributed by atoms with E-state index < -0.39 is 0 Å². The highest BCUT2D eigenvalue weighted by Gasteiger charge is 2.01. The van der Waals surface area contributed by atoms with E-state index in [9.17, 15) is 0 Å². The Morgan fingerprint density at radius 1 is 1.36 bits per heavy atom. The van der Waals surface area contributed by atoms with Gasteiger partial charge in [0.1, 0.15) is 9.58 Å². The lowest BCUT2D eigenvalue weighted by molar-refractivity contribution is 0.584. The molecule has 2 heterocycles. The molecule has 4 heteroatoms. The van der Waals surface area contributed by atoms with Crippen LogP contribution in [-0.4, -0.2) is 0 Å². The van der Waals surface area contributed by atoms with Gasteiger partial charge in [-0.1, -0.05) is 32.9 Å². The maximum absolute atomic E-state index is 5.20. The molecule has 11 heavy (non-hydrogen) atoms. The van der Waals surface area contributed by atoms with Crippen LogP contribution >= 0.6 is 32.9 Å². The summed E-state index contributed by atoms with van der Waals surface area (Å²) in [5.41, 5.74) is 0. The zero-order valence-corrected chi connectivity index (χ0v) is 7.89. The predicted molar refractivity (Wildman–Crippen MR) is 50.7 cm³/mol. The van der Waals surface area contributed by atoms with Gasteiger partial charge in [0.15, 0.2) is 0 Å². The summed E-state index contributed by atoms with van der Waals surface area (Å²) in [4.78, 5) is 1.12. The molecular formula is C7H4OS3. The zero-order valence-electron chi connectivity index (χ0n) is 5.44. The Morgan fingerprint density at radius 3 is 2.82 bits per heavy atom. The Morgan fingerprint density at radius 2 is 2.27 bits per heavy atom. The zero-order chi connectivity index (χ0) is 7.68. The molecule has 0 saturated carbocycles. The third-order valence-electron chi connectivity index (χ3n) is 1.23. The van der Waals surface area contributed by atoms with E-state index in [0.717, 1.165) is 14.5 Å². The summed E-state index contributed by atoms with van der Waals surface area (Å²) in [5.74, 6) is 0.905. The lowest BCUT2D eigenvalue weighted by atomic mass is 10.4. The number of hydrogen-bond acceptors (Lipinski definition) is 4. The summed E-state index contributed by atoms with van der Waals surface area (Å²) in [5, 5.41) is 0. The number of hydrogen-bond donors (Lipinski definition) is 0. The maximum Gasteiger partial charge on any atom is 0.144 e. The Bertz CT molecular complexity index is 382. The van der Waals surface area contributed by atoms with Crippen LogP contribution in [0.25, 0.3) is 10.6 Å². The minimum absolute atomic E-state index is 0.905. The van der Waals surface area contributed by atoms with E-state index in [1.807, 2.05) is 18.2 Å². The van der Waals surface area contributed by atoms with E-state index in [0.29, 0.717) is 0 Å². The summed E-state index contributed by atoms with van der Waals surface area (Å²) in [6.07, 6.45) is 1.67. The molecule has 0 fully saturated rings. The first kappa shape index (κ1) is 7.21. The molecule has 0 atom stereocenters. The fourth-order valence-electron chi connectivity index (χ4n) is 0.772. The first-order valence-electron chi connectivity index (χ1n) is 3.00. The molecule has 0 unspecified atom stereocenters. The van der Waals surface area contributed by atoms with Gasteiger partial charge in [-0.15, -0.1) is 0 Å². The van der Waals surface area contributed by atoms with E-state index in [1.54, 1.807) is 26.9 Å². The molecule has 0 bridgehead atoms. The molecule has 0 aromatic carbocycles. The van der Waals surface area contributed by atoms with Gasteiger partial charge in [-0.2, -0.15) is 0 Å². The van der Waals surface area contributed by atoms with Crippen LogP contribution in [-0.2, 0) is 0 Å². The smallest absolute Gasteiger partial charge is 0.144 e. The van der Waals surface area contributed by atoms with Gasteiger partial charge in [0.2, 0.25) is 0 Å². The highest BCUT2D eigenvalue weighted by Crippen LogP contribution is 2.29. The number of furan rings is 1. The van der Waals surface area contributed by atoms with Gasteiger partial charge in [-0.05, 0) is 18.2 Å². The Balaban J connectivity index is 2.53. The largest absolute Gasteiger partial charge is 0.463 e. The standard InChI is InChI=1S/C7H4OS3/c9-7-4-6(10-11-7)5-2-1-3-8-5/h1-4H. The van der Waals surface area contributed by atoms with Crippen molar-refractivity contribution in [3.05, 3.63) is 28.3 Å². The van der Waals surface area contributed by atoms with E-state index in [2.05, 4.69) is 0 Å². The van der Waals surface area contributed by atoms with Crippen LogP contribution < -0.4 is 0 Å². The molecular weight excluding hydrogens is 196 g/mol. The average Bonchev–Trinajstić information content (AvgIpc) is 2.55. The quantitative estimate of drug-likeness (QED) is 0.513. The lowest BCUT2D eigenvalue weighted by Crippen LogP contribution is -1.59. The van der Waals surface area contributed by atoms with Crippen molar-refractivity contribution in [3.8, 4) is 10.6 Å². The molecule has 1 nitrogen and oxygen atoms in total. The van der Waals surface area contributed by atoms with Crippen LogP contribution in [0.3, 0.4) is 0 Å². The summed E-state index contributed by atoms with van der Waals surface area (Å²) >= 11 is 4.99. The molecule has 0 aliphatic rings. The van der Waals surface area contributed by atoms with Crippen molar-refractivity contribution in [2.45, 2.75) is 0 Å². The molecule has 0 spiro atoms. The van der Waals surface area contributed by atoms with Crippen LogP contribution in [0.4, 0.5) is 0 Å². The van der Waals surface area contributed by atoms with Crippen LogP contribution in [0.15, 0.2) is 28.9 Å². The lowest BCUT2D eigenvalue weighted by Gasteiger charge is -1.83. The highest BCUT2D eigenvalue weighted by atomic mass is 32.9. The van der Waals surface area contributed by atoms with Gasteiger partial charge in [0.25, 0.3) is 0 Å². The van der Waals surface area contributed by atoms with Crippen molar-refractivity contribution in [2.24, 2.45) is 0 Å². The van der Waals surface area contributed by atoms with Crippen molar-refractivity contribution in [3.63, 3.8) is 0 Å². The molecule has 0 N–H and O–H groups in total. The van der Waals surface area contributed by atoms with Crippen molar-refractivity contribution in [1.82, 2.24) is 0 Å². The molecule has 2 aromatic rings. The predicted octanol–water partition coefficient (Wildman–Crippen LogP) is 3.80. The Kier molecular flexibility index (Phi) is 1.89. The van der Waals surface area contributed by atoms with Crippen molar-refractivity contribution < 1.29 is 4.42 Å². The Labute approximate surface area is 76.3 Å². The third-order valence-corrected chi connectivity index (χ3v) is 4.10. The second-order valence-electron chi connectivity index (χ2n) is 1.97. The molecule has 56 valence electrons. The second kappa shape index (κ2) is 2.89. The third kappa shape index (κ3) is 1.42.